The number of benzene rings is 1. The molecular weight excluding hydrogens is 382 g/mol. The van der Waals surface area contributed by atoms with E-state index in [-0.39, 0.29) is 24.1 Å². The smallest absolute Gasteiger partial charge is 0.387 e. The van der Waals surface area contributed by atoms with Crippen LogP contribution in [-0.4, -0.2) is 32.2 Å². The van der Waals surface area contributed by atoms with Crippen LogP contribution in [0.2, 0.25) is 0 Å². The summed E-state index contributed by atoms with van der Waals surface area (Å²) in [6.07, 6.45) is 2.16. The maximum atomic E-state index is 12.2. The molecule has 2 aromatic rings. The zero-order valence-electron chi connectivity index (χ0n) is 14.0. The van der Waals surface area contributed by atoms with E-state index in [2.05, 4.69) is 15.4 Å². The quantitative estimate of drug-likeness (QED) is 0.730. The largest absolute Gasteiger partial charge is 0.435 e. The third kappa shape index (κ3) is 5.65. The van der Waals surface area contributed by atoms with E-state index in [1.807, 2.05) is 6.07 Å². The van der Waals surface area contributed by atoms with Gasteiger partial charge in [-0.05, 0) is 73.8 Å². The number of ether oxygens (including phenoxy) is 1. The van der Waals surface area contributed by atoms with Gasteiger partial charge in [0.2, 0.25) is 0 Å². The lowest BCUT2D eigenvalue weighted by Gasteiger charge is -2.08. The molecule has 0 aliphatic carbocycles. The van der Waals surface area contributed by atoms with Crippen molar-refractivity contribution in [2.75, 3.05) is 19.6 Å². The zero-order valence-corrected chi connectivity index (χ0v) is 15.7. The number of carbonyl (C=O) groups is 1. The van der Waals surface area contributed by atoms with Crippen LogP contribution in [0.1, 0.15) is 22.5 Å². The fourth-order valence-electron chi connectivity index (χ4n) is 2.85. The first-order valence-electron chi connectivity index (χ1n) is 8.26. The maximum absolute atomic E-state index is 12.2. The average Bonchev–Trinajstić information content (AvgIpc) is 3.26. The summed E-state index contributed by atoms with van der Waals surface area (Å²) in [6.45, 7) is -0.0564. The van der Waals surface area contributed by atoms with Crippen molar-refractivity contribution in [3.05, 3.63) is 41.3 Å². The van der Waals surface area contributed by atoms with Crippen LogP contribution < -0.4 is 15.4 Å². The van der Waals surface area contributed by atoms with Gasteiger partial charge in [0.1, 0.15) is 5.75 Å². The number of alkyl halides is 2. The van der Waals surface area contributed by atoms with E-state index in [0.717, 1.165) is 30.0 Å². The Morgan fingerprint density at radius 3 is 2.69 bits per heavy atom. The molecule has 142 valence electrons. The fraction of sp³-hybridized carbons (Fsp3) is 0.389. The molecule has 0 radical (unpaired) electrons. The lowest BCUT2D eigenvalue weighted by atomic mass is 10.1. The summed E-state index contributed by atoms with van der Waals surface area (Å²) in [5.74, 6) is 0.697. The van der Waals surface area contributed by atoms with E-state index < -0.39 is 6.61 Å². The number of thiophene rings is 1. The number of rotatable bonds is 7. The fourth-order valence-corrected chi connectivity index (χ4v) is 3.78. The summed E-state index contributed by atoms with van der Waals surface area (Å²) < 4.78 is 28.7. The highest BCUT2D eigenvalue weighted by Crippen LogP contribution is 2.29. The van der Waals surface area contributed by atoms with E-state index in [0.29, 0.717) is 17.3 Å². The summed E-state index contributed by atoms with van der Waals surface area (Å²) in [6, 6.07) is 10.1. The van der Waals surface area contributed by atoms with E-state index in [9.17, 15) is 13.6 Å². The van der Waals surface area contributed by atoms with Gasteiger partial charge in [0.25, 0.3) is 5.91 Å². The second kappa shape index (κ2) is 9.85. The van der Waals surface area contributed by atoms with E-state index in [4.69, 9.17) is 0 Å². The molecule has 1 aliphatic rings. The molecule has 4 nitrogen and oxygen atoms in total. The molecule has 1 atom stereocenters. The Balaban J connectivity index is 0.00000243. The molecule has 1 aromatic carbocycles. The molecule has 0 bridgehead atoms. The summed E-state index contributed by atoms with van der Waals surface area (Å²) in [5.41, 5.74) is 0.864. The first-order valence-corrected chi connectivity index (χ1v) is 9.07. The van der Waals surface area contributed by atoms with E-state index >= 15 is 0 Å². The van der Waals surface area contributed by atoms with Crippen LogP contribution in [0, 0.1) is 5.92 Å². The van der Waals surface area contributed by atoms with Gasteiger partial charge in [0.05, 0.1) is 4.88 Å². The molecule has 3 rings (SSSR count). The van der Waals surface area contributed by atoms with Crippen molar-refractivity contribution in [1.82, 2.24) is 10.6 Å². The van der Waals surface area contributed by atoms with Crippen LogP contribution in [0.4, 0.5) is 8.78 Å². The molecule has 1 aromatic heterocycles. The molecule has 1 aliphatic heterocycles. The first kappa shape index (κ1) is 20.6. The van der Waals surface area contributed by atoms with Crippen molar-refractivity contribution in [2.24, 2.45) is 5.92 Å². The van der Waals surface area contributed by atoms with Gasteiger partial charge >= 0.3 is 6.61 Å². The van der Waals surface area contributed by atoms with Gasteiger partial charge in [0.15, 0.2) is 0 Å². The van der Waals surface area contributed by atoms with Crippen molar-refractivity contribution < 1.29 is 18.3 Å². The lowest BCUT2D eigenvalue weighted by molar-refractivity contribution is -0.0498. The van der Waals surface area contributed by atoms with Crippen LogP contribution in [0.3, 0.4) is 0 Å². The van der Waals surface area contributed by atoms with Gasteiger partial charge in [-0.1, -0.05) is 0 Å². The van der Waals surface area contributed by atoms with Gasteiger partial charge in [0, 0.05) is 11.4 Å². The Morgan fingerprint density at radius 1 is 1.27 bits per heavy atom. The number of hydrogen-bond donors (Lipinski definition) is 2. The van der Waals surface area contributed by atoms with Gasteiger partial charge in [-0.25, -0.2) is 0 Å². The summed E-state index contributed by atoms with van der Waals surface area (Å²) in [7, 11) is 0. The van der Waals surface area contributed by atoms with Gasteiger partial charge in [-0.2, -0.15) is 8.78 Å². The summed E-state index contributed by atoms with van der Waals surface area (Å²) >= 11 is 1.38. The Bertz CT molecular complexity index is 703. The Kier molecular flexibility index (Phi) is 7.81. The Morgan fingerprint density at radius 2 is 2.04 bits per heavy atom. The minimum Gasteiger partial charge on any atom is -0.435 e. The minimum absolute atomic E-state index is 0. The molecule has 1 fully saturated rings. The number of halogens is 3. The van der Waals surface area contributed by atoms with Crippen molar-refractivity contribution in [3.8, 4) is 16.2 Å². The first-order chi connectivity index (χ1) is 12.1. The monoisotopic (exact) mass is 402 g/mol. The molecule has 2 heterocycles. The highest BCUT2D eigenvalue weighted by Gasteiger charge is 2.15. The zero-order chi connectivity index (χ0) is 17.6. The predicted octanol–water partition coefficient (Wildman–Crippen LogP) is 4.17. The van der Waals surface area contributed by atoms with Crippen molar-refractivity contribution in [2.45, 2.75) is 19.5 Å². The highest BCUT2D eigenvalue weighted by atomic mass is 35.5. The molecule has 0 saturated carbocycles. The number of hydrogen-bond acceptors (Lipinski definition) is 4. The van der Waals surface area contributed by atoms with Crippen LogP contribution in [0.25, 0.3) is 10.4 Å². The minimum atomic E-state index is -2.83. The number of amides is 1. The highest BCUT2D eigenvalue weighted by molar-refractivity contribution is 7.17. The molecule has 1 amide bonds. The Hall–Kier alpha value is -1.70. The molecule has 2 N–H and O–H groups in total. The molecule has 1 saturated heterocycles. The number of nitrogens with one attached hydrogen (secondary N) is 2. The van der Waals surface area contributed by atoms with Crippen molar-refractivity contribution in [1.29, 1.82) is 0 Å². The summed E-state index contributed by atoms with van der Waals surface area (Å²) in [5, 5.41) is 6.28. The second-order valence-electron chi connectivity index (χ2n) is 5.97. The van der Waals surface area contributed by atoms with E-state index in [1.165, 1.54) is 29.9 Å². The van der Waals surface area contributed by atoms with Gasteiger partial charge < -0.3 is 15.4 Å². The van der Waals surface area contributed by atoms with Crippen molar-refractivity contribution >= 4 is 29.7 Å². The number of carbonyl (C=O) groups excluding carboxylic acids is 1. The lowest BCUT2D eigenvalue weighted by Crippen LogP contribution is -2.25. The maximum Gasteiger partial charge on any atom is 0.387 e. The Labute approximate surface area is 161 Å². The van der Waals surface area contributed by atoms with Gasteiger partial charge in [-0.3, -0.25) is 4.79 Å². The average molecular weight is 403 g/mol. The third-order valence-corrected chi connectivity index (χ3v) is 5.33. The van der Waals surface area contributed by atoms with Gasteiger partial charge in [-0.15, -0.1) is 23.7 Å². The third-order valence-electron chi connectivity index (χ3n) is 4.19. The SMILES string of the molecule is Cl.O=C(NCCC1CCNC1)c1ccc(-c2ccc(OC(F)F)cc2)s1. The molecule has 26 heavy (non-hydrogen) atoms. The van der Waals surface area contributed by atoms with E-state index in [1.54, 1.807) is 18.2 Å². The van der Waals surface area contributed by atoms with Crippen LogP contribution in [-0.2, 0) is 0 Å². The second-order valence-corrected chi connectivity index (χ2v) is 7.05. The van der Waals surface area contributed by atoms with Crippen molar-refractivity contribution in [3.63, 3.8) is 0 Å². The predicted molar refractivity (Wildman–Crippen MR) is 102 cm³/mol. The molecular formula is C18H21ClF2N2O2S. The molecule has 0 spiro atoms. The topological polar surface area (TPSA) is 50.4 Å². The molecule has 1 unspecified atom stereocenters. The summed E-state index contributed by atoms with van der Waals surface area (Å²) in [4.78, 5) is 13.8. The van der Waals surface area contributed by atoms with Crippen LogP contribution in [0.5, 0.6) is 5.75 Å². The normalized spacial score (nSPS) is 16.3. The van der Waals surface area contributed by atoms with Crippen LogP contribution >= 0.6 is 23.7 Å². The molecule has 8 heteroatoms. The standard InChI is InChI=1S/C18H20F2N2O2S.ClH/c19-18(20)24-14-3-1-13(2-4-14)15-5-6-16(25-15)17(23)22-10-8-12-7-9-21-11-12;/h1-6,12,18,21H,7-11H2,(H,22,23);1H. The van der Waals surface area contributed by atoms with Crippen LogP contribution in [0.15, 0.2) is 36.4 Å².